The van der Waals surface area contributed by atoms with Crippen LogP contribution in [0.4, 0.5) is 11.4 Å². The van der Waals surface area contributed by atoms with Crippen LogP contribution in [-0.4, -0.2) is 22.9 Å². The maximum absolute atomic E-state index is 11.6. The van der Waals surface area contributed by atoms with E-state index in [9.17, 15) is 19.5 Å². The van der Waals surface area contributed by atoms with E-state index in [0.29, 0.717) is 11.4 Å². The summed E-state index contributed by atoms with van der Waals surface area (Å²) in [5, 5.41) is 14.9. The molecule has 0 saturated carbocycles. The summed E-state index contributed by atoms with van der Waals surface area (Å²) in [5.41, 5.74) is 4.68. The van der Waals surface area contributed by atoms with E-state index in [1.165, 1.54) is 13.8 Å². The van der Waals surface area contributed by atoms with Crippen LogP contribution in [0.2, 0.25) is 0 Å². The van der Waals surface area contributed by atoms with Crippen molar-refractivity contribution in [2.45, 2.75) is 13.8 Å². The van der Waals surface area contributed by atoms with Gasteiger partial charge < -0.3 is 15.7 Å². The SMILES string of the molecule is CC(=O)Nc1ccc(-c2cc(C(=O)O)cc(-c3ccc(NC(C)=O)cc3)c2)cc1. The van der Waals surface area contributed by atoms with Crippen LogP contribution in [0, 0.1) is 0 Å². The maximum atomic E-state index is 11.6. The van der Waals surface area contributed by atoms with Crippen LogP contribution < -0.4 is 10.6 Å². The standard InChI is InChI=1S/C23H20N2O4/c1-14(26)24-21-7-3-16(4-8-21)18-11-19(13-20(12-18)23(28)29)17-5-9-22(10-6-17)25-15(2)27/h3-13H,1-2H3,(H,24,26)(H,25,27)(H,28,29). The highest BCUT2D eigenvalue weighted by molar-refractivity contribution is 5.93. The minimum atomic E-state index is -1.02. The van der Waals surface area contributed by atoms with Gasteiger partial charge in [0.1, 0.15) is 0 Å². The Labute approximate surface area is 168 Å². The van der Waals surface area contributed by atoms with Crippen molar-refractivity contribution in [3.05, 3.63) is 72.3 Å². The van der Waals surface area contributed by atoms with Crippen LogP contribution >= 0.6 is 0 Å². The third kappa shape index (κ3) is 5.07. The Bertz CT molecular complexity index is 993. The van der Waals surface area contributed by atoms with Crippen molar-refractivity contribution in [3.63, 3.8) is 0 Å². The predicted octanol–water partition coefficient (Wildman–Crippen LogP) is 4.64. The van der Waals surface area contributed by atoms with Crippen molar-refractivity contribution in [2.24, 2.45) is 0 Å². The van der Waals surface area contributed by atoms with Crippen LogP contribution in [0.1, 0.15) is 24.2 Å². The lowest BCUT2D eigenvalue weighted by Crippen LogP contribution is -2.05. The van der Waals surface area contributed by atoms with Crippen molar-refractivity contribution < 1.29 is 19.5 Å². The molecule has 2 amide bonds. The molecule has 146 valence electrons. The number of carboxylic acids is 1. The first-order valence-electron chi connectivity index (χ1n) is 8.96. The molecule has 29 heavy (non-hydrogen) atoms. The van der Waals surface area contributed by atoms with E-state index in [1.807, 2.05) is 30.3 Å². The zero-order chi connectivity index (χ0) is 21.0. The lowest BCUT2D eigenvalue weighted by Gasteiger charge is -2.10. The number of hydrogen-bond donors (Lipinski definition) is 3. The number of anilines is 2. The highest BCUT2D eigenvalue weighted by Gasteiger charge is 2.10. The Balaban J connectivity index is 1.99. The van der Waals surface area contributed by atoms with Crippen molar-refractivity contribution in [1.82, 2.24) is 0 Å². The number of hydrogen-bond acceptors (Lipinski definition) is 3. The molecule has 0 atom stereocenters. The number of benzene rings is 3. The topological polar surface area (TPSA) is 95.5 Å². The largest absolute Gasteiger partial charge is 0.478 e. The monoisotopic (exact) mass is 388 g/mol. The minimum absolute atomic E-state index is 0.157. The van der Waals surface area contributed by atoms with Gasteiger partial charge in [-0.15, -0.1) is 0 Å². The minimum Gasteiger partial charge on any atom is -0.478 e. The molecule has 3 aromatic carbocycles. The third-order valence-corrected chi connectivity index (χ3v) is 4.26. The van der Waals surface area contributed by atoms with Gasteiger partial charge in [0.15, 0.2) is 0 Å². The maximum Gasteiger partial charge on any atom is 0.335 e. The van der Waals surface area contributed by atoms with Crippen LogP contribution in [0.15, 0.2) is 66.7 Å². The zero-order valence-electron chi connectivity index (χ0n) is 16.0. The number of rotatable bonds is 5. The number of carbonyl (C=O) groups excluding carboxylic acids is 2. The van der Waals surface area contributed by atoms with E-state index in [-0.39, 0.29) is 17.4 Å². The summed E-state index contributed by atoms with van der Waals surface area (Å²) in [6.45, 7) is 2.88. The summed E-state index contributed by atoms with van der Waals surface area (Å²) in [5.74, 6) is -1.33. The second kappa shape index (κ2) is 8.39. The molecule has 0 radical (unpaired) electrons. The average Bonchev–Trinajstić information content (AvgIpc) is 2.68. The number of carboxylic acid groups (broad SMARTS) is 1. The summed E-state index contributed by atoms with van der Waals surface area (Å²) in [4.78, 5) is 34.0. The molecule has 0 fully saturated rings. The fraction of sp³-hybridized carbons (Fsp3) is 0.0870. The van der Waals surface area contributed by atoms with Crippen LogP contribution in [-0.2, 0) is 9.59 Å². The van der Waals surface area contributed by atoms with Gasteiger partial charge in [0.2, 0.25) is 11.8 Å². The van der Waals surface area contributed by atoms with Crippen molar-refractivity contribution in [1.29, 1.82) is 0 Å². The lowest BCUT2D eigenvalue weighted by molar-refractivity contribution is -0.115. The Hall–Kier alpha value is -3.93. The summed E-state index contributed by atoms with van der Waals surface area (Å²) in [7, 11) is 0. The zero-order valence-corrected chi connectivity index (χ0v) is 16.0. The Morgan fingerprint density at radius 2 is 1.00 bits per heavy atom. The predicted molar refractivity (Wildman–Crippen MR) is 113 cm³/mol. The van der Waals surface area contributed by atoms with E-state index < -0.39 is 5.97 Å². The Kier molecular flexibility index (Phi) is 5.74. The highest BCUT2D eigenvalue weighted by atomic mass is 16.4. The van der Waals surface area contributed by atoms with Gasteiger partial charge in [-0.25, -0.2) is 4.79 Å². The molecular formula is C23H20N2O4. The fourth-order valence-corrected chi connectivity index (χ4v) is 2.98. The first-order chi connectivity index (χ1) is 13.8. The number of nitrogens with one attached hydrogen (secondary N) is 2. The molecule has 3 aromatic rings. The molecule has 0 heterocycles. The average molecular weight is 388 g/mol. The first kappa shape index (κ1) is 19.8. The molecule has 0 aliphatic heterocycles. The van der Waals surface area contributed by atoms with E-state index in [2.05, 4.69) is 10.6 Å². The van der Waals surface area contributed by atoms with E-state index in [0.717, 1.165) is 22.3 Å². The van der Waals surface area contributed by atoms with Crippen LogP contribution in [0.25, 0.3) is 22.3 Å². The molecule has 0 spiro atoms. The highest BCUT2D eigenvalue weighted by Crippen LogP contribution is 2.30. The molecular weight excluding hydrogens is 368 g/mol. The molecule has 0 aliphatic carbocycles. The van der Waals surface area contributed by atoms with Crippen LogP contribution in [0.5, 0.6) is 0 Å². The molecule has 6 heteroatoms. The van der Waals surface area contributed by atoms with Gasteiger partial charge in [0, 0.05) is 25.2 Å². The molecule has 0 aliphatic rings. The molecule has 0 bridgehead atoms. The molecule has 0 aromatic heterocycles. The third-order valence-electron chi connectivity index (χ3n) is 4.26. The second-order valence-corrected chi connectivity index (χ2v) is 6.62. The molecule has 6 nitrogen and oxygen atoms in total. The van der Waals surface area contributed by atoms with E-state index in [1.54, 1.807) is 36.4 Å². The number of amides is 2. The molecule has 0 saturated heterocycles. The van der Waals surface area contributed by atoms with Gasteiger partial charge in [0.05, 0.1) is 5.56 Å². The van der Waals surface area contributed by atoms with E-state index in [4.69, 9.17) is 0 Å². The quantitative estimate of drug-likeness (QED) is 0.593. The van der Waals surface area contributed by atoms with Crippen LogP contribution in [0.3, 0.4) is 0 Å². The number of aromatic carboxylic acids is 1. The summed E-state index contributed by atoms with van der Waals surface area (Å²) in [6.07, 6.45) is 0. The lowest BCUT2D eigenvalue weighted by atomic mass is 9.96. The van der Waals surface area contributed by atoms with Crippen molar-refractivity contribution in [3.8, 4) is 22.3 Å². The summed E-state index contributed by atoms with van der Waals surface area (Å²) >= 11 is 0. The smallest absolute Gasteiger partial charge is 0.335 e. The van der Waals surface area contributed by atoms with Gasteiger partial charge in [0.25, 0.3) is 0 Å². The number of carbonyl (C=O) groups is 3. The molecule has 3 N–H and O–H groups in total. The Morgan fingerprint density at radius 1 is 0.621 bits per heavy atom. The normalized spacial score (nSPS) is 10.3. The van der Waals surface area contributed by atoms with Gasteiger partial charge in [-0.05, 0) is 64.7 Å². The van der Waals surface area contributed by atoms with E-state index >= 15 is 0 Å². The van der Waals surface area contributed by atoms with Crippen molar-refractivity contribution >= 4 is 29.2 Å². The Morgan fingerprint density at radius 3 is 1.31 bits per heavy atom. The first-order valence-corrected chi connectivity index (χ1v) is 8.96. The fourth-order valence-electron chi connectivity index (χ4n) is 2.98. The summed E-state index contributed by atoms with van der Waals surface area (Å²) in [6, 6.07) is 19.5. The van der Waals surface area contributed by atoms with Gasteiger partial charge in [-0.2, -0.15) is 0 Å². The summed E-state index contributed by atoms with van der Waals surface area (Å²) < 4.78 is 0. The van der Waals surface area contributed by atoms with Gasteiger partial charge in [-0.1, -0.05) is 24.3 Å². The molecule has 3 rings (SSSR count). The molecule has 0 unspecified atom stereocenters. The van der Waals surface area contributed by atoms with Crippen molar-refractivity contribution in [2.75, 3.05) is 10.6 Å². The van der Waals surface area contributed by atoms with Gasteiger partial charge in [-0.3, -0.25) is 9.59 Å². The second-order valence-electron chi connectivity index (χ2n) is 6.62. The van der Waals surface area contributed by atoms with Gasteiger partial charge >= 0.3 is 5.97 Å².